The number of esters is 1. The van der Waals surface area contributed by atoms with E-state index < -0.39 is 0 Å². The van der Waals surface area contributed by atoms with Crippen molar-refractivity contribution in [2.45, 2.75) is 20.3 Å². The number of hydrogen-bond acceptors (Lipinski definition) is 2. The minimum atomic E-state index is -0.273. The SMILES string of the molecule is CC=C(CC)C(=O)Oc1ccc2cc3ccccc3cc2c1. The zero-order valence-corrected chi connectivity index (χ0v) is 12.8. The molecule has 0 amide bonds. The second-order valence-electron chi connectivity index (χ2n) is 5.27. The Hall–Kier alpha value is -2.61. The average molecular weight is 290 g/mol. The van der Waals surface area contributed by atoms with Gasteiger partial charge in [-0.3, -0.25) is 0 Å². The normalized spacial score (nSPS) is 11.8. The molecule has 0 atom stereocenters. The van der Waals surface area contributed by atoms with Gasteiger partial charge in [-0.05, 0) is 59.2 Å². The molecule has 0 aliphatic rings. The van der Waals surface area contributed by atoms with E-state index in [4.69, 9.17) is 4.74 Å². The molecule has 0 unspecified atom stereocenters. The summed E-state index contributed by atoms with van der Waals surface area (Å²) in [7, 11) is 0. The number of carbonyl (C=O) groups excluding carboxylic acids is 1. The lowest BCUT2D eigenvalue weighted by Crippen LogP contribution is -2.10. The van der Waals surface area contributed by atoms with Crippen molar-refractivity contribution in [3.05, 3.63) is 66.2 Å². The Balaban J connectivity index is 1.99. The third-order valence-corrected chi connectivity index (χ3v) is 3.88. The van der Waals surface area contributed by atoms with Gasteiger partial charge in [-0.15, -0.1) is 0 Å². The molecule has 3 rings (SSSR count). The van der Waals surface area contributed by atoms with E-state index in [1.54, 1.807) is 6.08 Å². The van der Waals surface area contributed by atoms with Crippen LogP contribution in [0, 0.1) is 0 Å². The van der Waals surface area contributed by atoms with E-state index in [0.717, 1.165) is 10.8 Å². The van der Waals surface area contributed by atoms with Crippen LogP contribution in [0.4, 0.5) is 0 Å². The summed E-state index contributed by atoms with van der Waals surface area (Å²) in [5.41, 5.74) is 0.693. The first-order chi connectivity index (χ1) is 10.7. The molecule has 0 saturated carbocycles. The highest BCUT2D eigenvalue weighted by atomic mass is 16.5. The van der Waals surface area contributed by atoms with Crippen molar-refractivity contribution in [1.29, 1.82) is 0 Å². The van der Waals surface area contributed by atoms with Crippen LogP contribution in [0.15, 0.2) is 66.2 Å². The number of rotatable bonds is 3. The van der Waals surface area contributed by atoms with Gasteiger partial charge in [0.1, 0.15) is 5.75 Å². The Morgan fingerprint density at radius 3 is 2.23 bits per heavy atom. The Morgan fingerprint density at radius 1 is 0.955 bits per heavy atom. The topological polar surface area (TPSA) is 26.3 Å². The number of allylic oxidation sites excluding steroid dienone is 1. The van der Waals surface area contributed by atoms with Gasteiger partial charge in [-0.2, -0.15) is 0 Å². The van der Waals surface area contributed by atoms with Crippen LogP contribution in [0.3, 0.4) is 0 Å². The van der Waals surface area contributed by atoms with Crippen LogP contribution in [-0.4, -0.2) is 5.97 Å². The van der Waals surface area contributed by atoms with E-state index >= 15 is 0 Å². The summed E-state index contributed by atoms with van der Waals surface area (Å²) in [6.45, 7) is 3.80. The van der Waals surface area contributed by atoms with Gasteiger partial charge >= 0.3 is 5.97 Å². The van der Waals surface area contributed by atoms with Gasteiger partial charge in [-0.1, -0.05) is 43.3 Å². The van der Waals surface area contributed by atoms with Gasteiger partial charge in [0.15, 0.2) is 0 Å². The van der Waals surface area contributed by atoms with Gasteiger partial charge in [0, 0.05) is 5.57 Å². The zero-order valence-electron chi connectivity index (χ0n) is 12.8. The van der Waals surface area contributed by atoms with Crippen LogP contribution in [0.1, 0.15) is 20.3 Å². The molecule has 0 N–H and O–H groups in total. The molecule has 0 bridgehead atoms. The second-order valence-corrected chi connectivity index (χ2v) is 5.27. The molecule has 0 saturated heterocycles. The number of ether oxygens (including phenoxy) is 1. The molecule has 0 aromatic heterocycles. The van der Waals surface area contributed by atoms with Gasteiger partial charge in [-0.25, -0.2) is 4.79 Å². The molecule has 0 aliphatic carbocycles. The molecule has 22 heavy (non-hydrogen) atoms. The predicted molar refractivity (Wildman–Crippen MR) is 91.1 cm³/mol. The first-order valence-corrected chi connectivity index (χ1v) is 7.51. The molecule has 0 fully saturated rings. The van der Waals surface area contributed by atoms with Crippen LogP contribution < -0.4 is 4.74 Å². The van der Waals surface area contributed by atoms with Gasteiger partial charge in [0.05, 0.1) is 0 Å². The Morgan fingerprint density at radius 2 is 1.59 bits per heavy atom. The molecule has 3 aromatic rings. The maximum Gasteiger partial charge on any atom is 0.339 e. The summed E-state index contributed by atoms with van der Waals surface area (Å²) in [6, 6.07) is 18.3. The van der Waals surface area contributed by atoms with Crippen molar-refractivity contribution in [2.24, 2.45) is 0 Å². The lowest BCUT2D eigenvalue weighted by Gasteiger charge is -2.08. The molecule has 3 aromatic carbocycles. The Bertz CT molecular complexity index is 875. The van der Waals surface area contributed by atoms with Crippen molar-refractivity contribution >= 4 is 27.5 Å². The highest BCUT2D eigenvalue weighted by Crippen LogP contribution is 2.26. The van der Waals surface area contributed by atoms with E-state index in [1.807, 2.05) is 44.2 Å². The number of benzene rings is 3. The van der Waals surface area contributed by atoms with E-state index in [9.17, 15) is 4.79 Å². The summed E-state index contributed by atoms with van der Waals surface area (Å²) < 4.78 is 5.47. The summed E-state index contributed by atoms with van der Waals surface area (Å²) in [6.07, 6.45) is 2.48. The molecule has 110 valence electrons. The quantitative estimate of drug-likeness (QED) is 0.285. The van der Waals surface area contributed by atoms with E-state index in [1.165, 1.54) is 10.8 Å². The monoisotopic (exact) mass is 290 g/mol. The van der Waals surface area contributed by atoms with E-state index in [-0.39, 0.29) is 5.97 Å². The maximum absolute atomic E-state index is 12.0. The molecule has 0 heterocycles. The van der Waals surface area contributed by atoms with Crippen LogP contribution in [-0.2, 0) is 4.79 Å². The van der Waals surface area contributed by atoms with Crippen LogP contribution in [0.5, 0.6) is 5.75 Å². The Kier molecular flexibility index (Phi) is 3.92. The fourth-order valence-electron chi connectivity index (χ4n) is 2.62. The maximum atomic E-state index is 12.0. The smallest absolute Gasteiger partial charge is 0.339 e. The summed E-state index contributed by atoms with van der Waals surface area (Å²) >= 11 is 0. The molecule has 0 spiro atoms. The molecule has 0 aliphatic heterocycles. The van der Waals surface area contributed by atoms with Crippen LogP contribution in [0.2, 0.25) is 0 Å². The van der Waals surface area contributed by atoms with Crippen molar-refractivity contribution in [3.63, 3.8) is 0 Å². The number of carbonyl (C=O) groups is 1. The van der Waals surface area contributed by atoms with Crippen molar-refractivity contribution in [3.8, 4) is 5.75 Å². The lowest BCUT2D eigenvalue weighted by atomic mass is 10.0. The largest absolute Gasteiger partial charge is 0.423 e. The van der Waals surface area contributed by atoms with Crippen molar-refractivity contribution in [1.82, 2.24) is 0 Å². The third kappa shape index (κ3) is 2.73. The fraction of sp³-hybridized carbons (Fsp3) is 0.150. The third-order valence-electron chi connectivity index (χ3n) is 3.88. The molecular weight excluding hydrogens is 272 g/mol. The zero-order chi connectivity index (χ0) is 15.5. The fourth-order valence-corrected chi connectivity index (χ4v) is 2.62. The van der Waals surface area contributed by atoms with Gasteiger partial charge in [0.25, 0.3) is 0 Å². The number of hydrogen-bond donors (Lipinski definition) is 0. The molecule has 2 nitrogen and oxygen atoms in total. The lowest BCUT2D eigenvalue weighted by molar-refractivity contribution is -0.130. The standard InChI is InChI=1S/C20H18O2/c1-3-14(4-2)20(21)22-19-10-9-17-11-15-7-5-6-8-16(15)12-18(17)13-19/h3,5-13H,4H2,1-2H3. The summed E-state index contributed by atoms with van der Waals surface area (Å²) in [5, 5.41) is 4.60. The summed E-state index contributed by atoms with van der Waals surface area (Å²) in [5.74, 6) is 0.311. The summed E-state index contributed by atoms with van der Waals surface area (Å²) in [4.78, 5) is 12.0. The Labute approximate surface area is 130 Å². The highest BCUT2D eigenvalue weighted by molar-refractivity contribution is 5.99. The van der Waals surface area contributed by atoms with Gasteiger partial charge in [0.2, 0.25) is 0 Å². The van der Waals surface area contributed by atoms with Gasteiger partial charge < -0.3 is 4.74 Å². The average Bonchev–Trinajstić information content (AvgIpc) is 2.54. The second kappa shape index (κ2) is 6.02. The van der Waals surface area contributed by atoms with Crippen molar-refractivity contribution in [2.75, 3.05) is 0 Å². The minimum Gasteiger partial charge on any atom is -0.423 e. The van der Waals surface area contributed by atoms with E-state index in [0.29, 0.717) is 17.7 Å². The van der Waals surface area contributed by atoms with Crippen LogP contribution in [0.25, 0.3) is 21.5 Å². The van der Waals surface area contributed by atoms with E-state index in [2.05, 4.69) is 24.3 Å². The molecule has 0 radical (unpaired) electrons. The van der Waals surface area contributed by atoms with Crippen LogP contribution >= 0.6 is 0 Å². The first kappa shape index (κ1) is 14.3. The minimum absolute atomic E-state index is 0.273. The number of fused-ring (bicyclic) bond motifs is 2. The predicted octanol–water partition coefficient (Wildman–Crippen LogP) is 5.25. The first-order valence-electron chi connectivity index (χ1n) is 7.51. The molecule has 2 heteroatoms. The van der Waals surface area contributed by atoms with Crippen molar-refractivity contribution < 1.29 is 9.53 Å². The highest BCUT2D eigenvalue weighted by Gasteiger charge is 2.09. The molecular formula is C20H18O2.